The second kappa shape index (κ2) is 3.55. The van der Waals surface area contributed by atoms with Crippen LogP contribution in [-0.4, -0.2) is 11.1 Å². The molecule has 0 bridgehead atoms. The van der Waals surface area contributed by atoms with Crippen LogP contribution in [0.25, 0.3) is 0 Å². The lowest BCUT2D eigenvalue weighted by atomic mass is 9.84. The Morgan fingerprint density at radius 1 is 1.36 bits per heavy atom. The molecule has 0 saturated carbocycles. The number of carboxylic acid groups (broad SMARTS) is 1. The van der Waals surface area contributed by atoms with Crippen LogP contribution in [-0.2, 0) is 10.2 Å². The zero-order chi connectivity index (χ0) is 10.8. The fourth-order valence-corrected chi connectivity index (χ4v) is 1.11. The Hall–Kier alpha value is -1.75. The minimum absolute atomic E-state index is 0.754. The number of terminal acetylenes is 1. The van der Waals surface area contributed by atoms with Gasteiger partial charge in [-0.25, -0.2) is 0 Å². The molecule has 2 heteroatoms. The van der Waals surface area contributed by atoms with E-state index < -0.39 is 11.4 Å². The molecule has 0 spiro atoms. The van der Waals surface area contributed by atoms with Crippen molar-refractivity contribution in [3.63, 3.8) is 0 Å². The van der Waals surface area contributed by atoms with Crippen LogP contribution >= 0.6 is 0 Å². The summed E-state index contributed by atoms with van der Waals surface area (Å²) in [5.41, 5.74) is 0.645. The summed E-state index contributed by atoms with van der Waals surface area (Å²) in [6.07, 6.45) is 5.20. The predicted molar refractivity (Wildman–Crippen MR) is 55.0 cm³/mol. The molecule has 1 aromatic carbocycles. The van der Waals surface area contributed by atoms with Crippen LogP contribution in [0.2, 0.25) is 0 Å². The lowest BCUT2D eigenvalue weighted by Crippen LogP contribution is -2.28. The van der Waals surface area contributed by atoms with Gasteiger partial charge in [-0.3, -0.25) is 4.79 Å². The summed E-state index contributed by atoms with van der Waals surface area (Å²) in [5, 5.41) is 8.98. The zero-order valence-corrected chi connectivity index (χ0v) is 8.24. The van der Waals surface area contributed by atoms with Crippen molar-refractivity contribution in [3.8, 4) is 12.3 Å². The van der Waals surface area contributed by atoms with Gasteiger partial charge in [0.05, 0.1) is 5.41 Å². The van der Waals surface area contributed by atoms with Crippen molar-refractivity contribution >= 4 is 5.97 Å². The van der Waals surface area contributed by atoms with E-state index in [1.807, 2.05) is 0 Å². The van der Waals surface area contributed by atoms with Gasteiger partial charge in [-0.2, -0.15) is 0 Å². The lowest BCUT2D eigenvalue weighted by Gasteiger charge is -2.19. The Morgan fingerprint density at radius 3 is 2.21 bits per heavy atom. The van der Waals surface area contributed by atoms with E-state index in [0.717, 1.165) is 11.1 Å². The molecule has 14 heavy (non-hydrogen) atoms. The van der Waals surface area contributed by atoms with E-state index in [1.54, 1.807) is 38.1 Å². The van der Waals surface area contributed by atoms with Gasteiger partial charge in [0.25, 0.3) is 0 Å². The van der Waals surface area contributed by atoms with E-state index in [4.69, 9.17) is 11.5 Å². The van der Waals surface area contributed by atoms with Gasteiger partial charge in [-0.1, -0.05) is 18.1 Å². The molecule has 0 aromatic heterocycles. The van der Waals surface area contributed by atoms with Gasteiger partial charge < -0.3 is 5.11 Å². The van der Waals surface area contributed by atoms with Gasteiger partial charge in [-0.05, 0) is 31.5 Å². The first kappa shape index (κ1) is 10.3. The van der Waals surface area contributed by atoms with Crippen molar-refractivity contribution in [1.82, 2.24) is 0 Å². The van der Waals surface area contributed by atoms with Crippen molar-refractivity contribution in [3.05, 3.63) is 35.4 Å². The molecule has 0 fully saturated rings. The summed E-state index contributed by atoms with van der Waals surface area (Å²) >= 11 is 0. The summed E-state index contributed by atoms with van der Waals surface area (Å²) in [6, 6.07) is 7.01. The molecule has 1 aromatic rings. The summed E-state index contributed by atoms with van der Waals surface area (Å²) < 4.78 is 0. The van der Waals surface area contributed by atoms with E-state index in [-0.39, 0.29) is 0 Å². The maximum absolute atomic E-state index is 10.9. The number of benzene rings is 1. The first-order chi connectivity index (χ1) is 6.48. The van der Waals surface area contributed by atoms with Gasteiger partial charge in [0.15, 0.2) is 0 Å². The quantitative estimate of drug-likeness (QED) is 0.721. The molecule has 0 aliphatic rings. The first-order valence-corrected chi connectivity index (χ1v) is 4.29. The number of carbonyl (C=O) groups is 1. The lowest BCUT2D eigenvalue weighted by molar-refractivity contribution is -0.142. The maximum atomic E-state index is 10.9. The molecule has 0 heterocycles. The Labute approximate surface area is 83.6 Å². The number of hydrogen-bond donors (Lipinski definition) is 1. The zero-order valence-electron chi connectivity index (χ0n) is 8.24. The molecular weight excluding hydrogens is 176 g/mol. The molecule has 0 aliphatic heterocycles. The summed E-state index contributed by atoms with van der Waals surface area (Å²) in [7, 11) is 0. The predicted octanol–water partition coefficient (Wildman–Crippen LogP) is 2.03. The van der Waals surface area contributed by atoms with Crippen LogP contribution in [0.1, 0.15) is 25.0 Å². The van der Waals surface area contributed by atoms with Crippen molar-refractivity contribution in [2.75, 3.05) is 0 Å². The third kappa shape index (κ3) is 1.77. The third-order valence-electron chi connectivity index (χ3n) is 2.31. The van der Waals surface area contributed by atoms with Gasteiger partial charge in [0.1, 0.15) is 0 Å². The fraction of sp³-hybridized carbons (Fsp3) is 0.250. The Morgan fingerprint density at radius 2 is 1.86 bits per heavy atom. The molecule has 2 nitrogen and oxygen atoms in total. The van der Waals surface area contributed by atoms with Gasteiger partial charge in [0, 0.05) is 5.56 Å². The molecule has 0 unspecified atom stereocenters. The third-order valence-corrected chi connectivity index (χ3v) is 2.31. The molecule has 0 amide bonds. The number of carboxylic acids is 1. The highest BCUT2D eigenvalue weighted by Crippen LogP contribution is 2.23. The largest absolute Gasteiger partial charge is 0.481 e. The van der Waals surface area contributed by atoms with E-state index in [2.05, 4.69) is 5.92 Å². The molecule has 1 N–H and O–H groups in total. The summed E-state index contributed by atoms with van der Waals surface area (Å²) in [4.78, 5) is 10.9. The molecule has 0 atom stereocenters. The highest BCUT2D eigenvalue weighted by molar-refractivity contribution is 5.80. The highest BCUT2D eigenvalue weighted by atomic mass is 16.4. The average Bonchev–Trinajstić information content (AvgIpc) is 2.17. The van der Waals surface area contributed by atoms with Crippen LogP contribution in [0, 0.1) is 12.3 Å². The van der Waals surface area contributed by atoms with Crippen LogP contribution in [0.5, 0.6) is 0 Å². The number of hydrogen-bond acceptors (Lipinski definition) is 1. The van der Waals surface area contributed by atoms with Crippen LogP contribution < -0.4 is 0 Å². The van der Waals surface area contributed by atoms with Crippen molar-refractivity contribution in [1.29, 1.82) is 0 Å². The monoisotopic (exact) mass is 188 g/mol. The van der Waals surface area contributed by atoms with E-state index in [0.29, 0.717) is 0 Å². The van der Waals surface area contributed by atoms with Crippen LogP contribution in [0.3, 0.4) is 0 Å². The van der Waals surface area contributed by atoms with Gasteiger partial charge >= 0.3 is 5.97 Å². The topological polar surface area (TPSA) is 37.3 Å². The van der Waals surface area contributed by atoms with E-state index >= 15 is 0 Å². The molecule has 0 radical (unpaired) electrons. The summed E-state index contributed by atoms with van der Waals surface area (Å²) in [5.74, 6) is 1.65. The van der Waals surface area contributed by atoms with Crippen molar-refractivity contribution < 1.29 is 9.90 Å². The molecular formula is C12H12O2. The molecule has 72 valence electrons. The standard InChI is InChI=1S/C12H12O2/c1-4-9-5-7-10(8-6-9)12(2,3)11(13)14/h1,5-8H,2-3H3,(H,13,14). The Kier molecular flexibility index (Phi) is 2.62. The fourth-order valence-electron chi connectivity index (χ4n) is 1.11. The molecule has 0 aliphatic carbocycles. The second-order valence-electron chi connectivity index (χ2n) is 3.65. The molecule has 0 saturated heterocycles. The van der Waals surface area contributed by atoms with Crippen molar-refractivity contribution in [2.45, 2.75) is 19.3 Å². The Balaban J connectivity index is 3.10. The molecule has 1 rings (SSSR count). The van der Waals surface area contributed by atoms with Crippen LogP contribution in [0.4, 0.5) is 0 Å². The normalized spacial score (nSPS) is 10.6. The highest BCUT2D eigenvalue weighted by Gasteiger charge is 2.28. The van der Waals surface area contributed by atoms with Gasteiger partial charge in [0.2, 0.25) is 0 Å². The minimum Gasteiger partial charge on any atom is -0.481 e. The minimum atomic E-state index is -0.868. The van der Waals surface area contributed by atoms with Crippen molar-refractivity contribution in [2.24, 2.45) is 0 Å². The second-order valence-corrected chi connectivity index (χ2v) is 3.65. The summed E-state index contributed by atoms with van der Waals surface area (Å²) in [6.45, 7) is 3.33. The van der Waals surface area contributed by atoms with Gasteiger partial charge in [-0.15, -0.1) is 6.42 Å². The van der Waals surface area contributed by atoms with Crippen LogP contribution in [0.15, 0.2) is 24.3 Å². The van der Waals surface area contributed by atoms with E-state index in [1.165, 1.54) is 0 Å². The smallest absolute Gasteiger partial charge is 0.313 e. The SMILES string of the molecule is C#Cc1ccc(C(C)(C)C(=O)O)cc1. The maximum Gasteiger partial charge on any atom is 0.313 e. The van der Waals surface area contributed by atoms with E-state index in [9.17, 15) is 4.79 Å². The number of aliphatic carboxylic acids is 1. The Bertz CT molecular complexity index is 380. The number of rotatable bonds is 2. The first-order valence-electron chi connectivity index (χ1n) is 4.29. The average molecular weight is 188 g/mol.